The van der Waals surface area contributed by atoms with Gasteiger partial charge in [-0.2, -0.15) is 0 Å². The third kappa shape index (κ3) is 4.88. The van der Waals surface area contributed by atoms with Gasteiger partial charge in [-0.1, -0.05) is 40.2 Å². The molecule has 1 atom stereocenters. The van der Waals surface area contributed by atoms with Crippen molar-refractivity contribution in [1.82, 2.24) is 5.32 Å². The van der Waals surface area contributed by atoms with E-state index in [2.05, 4.69) is 52.4 Å². The summed E-state index contributed by atoms with van der Waals surface area (Å²) in [6, 6.07) is 16.4. The van der Waals surface area contributed by atoms with Gasteiger partial charge in [0, 0.05) is 35.2 Å². The van der Waals surface area contributed by atoms with Gasteiger partial charge in [-0.05, 0) is 55.2 Å². The number of ether oxygens (including phenoxy) is 3. The van der Waals surface area contributed by atoms with Gasteiger partial charge in [0.25, 0.3) is 0 Å². The van der Waals surface area contributed by atoms with Gasteiger partial charge in [0.05, 0.1) is 20.6 Å². The van der Waals surface area contributed by atoms with Gasteiger partial charge in [0.15, 0.2) is 0 Å². The molecule has 2 aromatic rings. The first-order valence-electron chi connectivity index (χ1n) is 10.2. The lowest BCUT2D eigenvalue weighted by Crippen LogP contribution is -2.56. The number of hydrogen-bond acceptors (Lipinski definition) is 5. The van der Waals surface area contributed by atoms with Crippen molar-refractivity contribution >= 4 is 21.9 Å². The fraction of sp³-hybridized carbons (Fsp3) is 0.458. The van der Waals surface area contributed by atoms with Crippen molar-refractivity contribution in [2.24, 2.45) is 5.41 Å². The quantitative estimate of drug-likeness (QED) is 0.554. The van der Waals surface area contributed by atoms with Gasteiger partial charge < -0.3 is 19.5 Å². The van der Waals surface area contributed by atoms with E-state index in [1.54, 1.807) is 7.11 Å². The Bertz CT molecular complexity index is 849. The summed E-state index contributed by atoms with van der Waals surface area (Å²) in [6.07, 6.45) is 1.90. The number of rotatable bonds is 8. The average molecular weight is 476 g/mol. The molecule has 0 radical (unpaired) electrons. The van der Waals surface area contributed by atoms with Crippen molar-refractivity contribution in [3.05, 3.63) is 64.1 Å². The minimum absolute atomic E-state index is 0.190. The second-order valence-corrected chi connectivity index (χ2v) is 8.90. The number of benzene rings is 2. The molecular weight excluding hydrogens is 446 g/mol. The van der Waals surface area contributed by atoms with Crippen LogP contribution in [0.5, 0.6) is 5.75 Å². The zero-order valence-electron chi connectivity index (χ0n) is 17.9. The Labute approximate surface area is 187 Å². The van der Waals surface area contributed by atoms with Crippen LogP contribution < -0.4 is 10.1 Å². The van der Waals surface area contributed by atoms with Crippen LogP contribution in [0.3, 0.4) is 0 Å². The number of carbonyl (C=O) groups is 1. The Hall–Kier alpha value is -1.89. The topological polar surface area (TPSA) is 56.8 Å². The van der Waals surface area contributed by atoms with E-state index >= 15 is 0 Å². The van der Waals surface area contributed by atoms with Gasteiger partial charge in [-0.15, -0.1) is 0 Å². The van der Waals surface area contributed by atoms with Crippen LogP contribution in [-0.2, 0) is 26.4 Å². The minimum atomic E-state index is -0.464. The first kappa shape index (κ1) is 22.8. The highest BCUT2D eigenvalue weighted by atomic mass is 79.9. The maximum Gasteiger partial charge on any atom is 0.306 e. The van der Waals surface area contributed by atoms with Crippen LogP contribution in [0, 0.1) is 5.41 Å². The zero-order chi connectivity index (χ0) is 21.6. The molecule has 0 aliphatic carbocycles. The number of halogens is 1. The summed E-state index contributed by atoms with van der Waals surface area (Å²) in [7, 11) is 3.12. The molecule has 1 aliphatic rings. The van der Waals surface area contributed by atoms with E-state index in [1.807, 2.05) is 24.3 Å². The Morgan fingerprint density at radius 3 is 2.47 bits per heavy atom. The number of carbonyl (C=O) groups excluding carboxylic acids is 1. The lowest BCUT2D eigenvalue weighted by Gasteiger charge is -2.51. The Morgan fingerprint density at radius 2 is 1.87 bits per heavy atom. The van der Waals surface area contributed by atoms with E-state index in [-0.39, 0.29) is 11.4 Å². The second kappa shape index (κ2) is 9.94. The summed E-state index contributed by atoms with van der Waals surface area (Å²) in [5.41, 5.74) is 1.49. The van der Waals surface area contributed by atoms with Crippen LogP contribution in [0.15, 0.2) is 53.0 Å². The normalized spacial score (nSPS) is 17.7. The van der Waals surface area contributed by atoms with Gasteiger partial charge in [-0.3, -0.25) is 4.79 Å². The first-order valence-corrected chi connectivity index (χ1v) is 11.0. The molecule has 0 aromatic heterocycles. The van der Waals surface area contributed by atoms with Gasteiger partial charge >= 0.3 is 5.97 Å². The summed E-state index contributed by atoms with van der Waals surface area (Å²) >= 11 is 3.61. The van der Waals surface area contributed by atoms with E-state index in [9.17, 15) is 4.79 Å². The highest BCUT2D eigenvalue weighted by Crippen LogP contribution is 2.50. The lowest BCUT2D eigenvalue weighted by atomic mass is 9.60. The van der Waals surface area contributed by atoms with E-state index in [0.29, 0.717) is 26.2 Å². The maximum absolute atomic E-state index is 12.5. The molecule has 3 rings (SSSR count). The van der Waals surface area contributed by atoms with Crippen LogP contribution in [0.25, 0.3) is 0 Å². The fourth-order valence-electron chi connectivity index (χ4n) is 4.38. The Morgan fingerprint density at radius 1 is 1.17 bits per heavy atom. The summed E-state index contributed by atoms with van der Waals surface area (Å²) in [5, 5.41) is 3.81. The smallest absolute Gasteiger partial charge is 0.306 e. The molecule has 1 heterocycles. The average Bonchev–Trinajstić information content (AvgIpc) is 2.78. The highest BCUT2D eigenvalue weighted by Gasteiger charge is 2.51. The largest absolute Gasteiger partial charge is 0.497 e. The fourth-order valence-corrected chi connectivity index (χ4v) is 4.78. The van der Waals surface area contributed by atoms with Crippen LogP contribution in [-0.4, -0.2) is 33.4 Å². The summed E-state index contributed by atoms with van der Waals surface area (Å²) < 4.78 is 17.1. The standard InChI is InChI=1S/C24H30BrNO4/c1-23(19-5-4-6-20(25)15-19,26-17-18-7-9-21(28-2)10-8-18)24(16-22(27)29-3)11-13-30-14-12-24/h4-10,15,26H,11-14,16-17H2,1-3H3. The van der Waals surface area contributed by atoms with Crippen molar-refractivity contribution in [3.8, 4) is 5.75 Å². The first-order chi connectivity index (χ1) is 14.4. The summed E-state index contributed by atoms with van der Waals surface area (Å²) in [5.74, 6) is 0.643. The van der Waals surface area contributed by atoms with E-state index in [4.69, 9.17) is 14.2 Å². The zero-order valence-corrected chi connectivity index (χ0v) is 19.5. The molecule has 1 N–H and O–H groups in total. The predicted molar refractivity (Wildman–Crippen MR) is 120 cm³/mol. The van der Waals surface area contributed by atoms with Crippen LogP contribution in [0.4, 0.5) is 0 Å². The highest BCUT2D eigenvalue weighted by molar-refractivity contribution is 9.10. The molecule has 0 bridgehead atoms. The Balaban J connectivity index is 1.99. The number of nitrogens with one attached hydrogen (secondary N) is 1. The third-order valence-corrected chi connectivity index (χ3v) is 6.92. The van der Waals surface area contributed by atoms with Crippen molar-refractivity contribution in [3.63, 3.8) is 0 Å². The molecule has 162 valence electrons. The van der Waals surface area contributed by atoms with Crippen molar-refractivity contribution in [2.75, 3.05) is 27.4 Å². The predicted octanol–water partition coefficient (Wildman–Crippen LogP) is 4.82. The molecule has 0 amide bonds. The summed E-state index contributed by atoms with van der Waals surface area (Å²) in [6.45, 7) is 4.12. The van der Waals surface area contributed by atoms with Gasteiger partial charge in [-0.25, -0.2) is 0 Å². The molecule has 30 heavy (non-hydrogen) atoms. The van der Waals surface area contributed by atoms with Crippen molar-refractivity contribution in [1.29, 1.82) is 0 Å². The molecular formula is C24H30BrNO4. The SMILES string of the molecule is COC(=O)CC1(C(C)(NCc2ccc(OC)cc2)c2cccc(Br)c2)CCOCC1. The molecule has 2 aromatic carbocycles. The van der Waals surface area contributed by atoms with E-state index < -0.39 is 5.54 Å². The second-order valence-electron chi connectivity index (χ2n) is 7.98. The molecule has 5 nitrogen and oxygen atoms in total. The number of methoxy groups -OCH3 is 2. The molecule has 0 saturated carbocycles. The van der Waals surface area contributed by atoms with Gasteiger partial charge in [0.2, 0.25) is 0 Å². The maximum atomic E-state index is 12.5. The number of hydrogen-bond donors (Lipinski definition) is 1. The van der Waals surface area contributed by atoms with Crippen LogP contribution in [0.2, 0.25) is 0 Å². The molecule has 1 unspecified atom stereocenters. The van der Waals surface area contributed by atoms with Crippen LogP contribution >= 0.6 is 15.9 Å². The molecule has 1 fully saturated rings. The molecule has 1 aliphatic heterocycles. The molecule has 6 heteroatoms. The van der Waals surface area contributed by atoms with Crippen molar-refractivity contribution in [2.45, 2.75) is 38.3 Å². The number of esters is 1. The molecule has 0 spiro atoms. The Kier molecular flexibility index (Phi) is 7.55. The van der Waals surface area contributed by atoms with E-state index in [1.165, 1.54) is 7.11 Å². The monoisotopic (exact) mass is 475 g/mol. The van der Waals surface area contributed by atoms with Gasteiger partial charge in [0.1, 0.15) is 5.75 Å². The summed E-state index contributed by atoms with van der Waals surface area (Å²) in [4.78, 5) is 12.5. The minimum Gasteiger partial charge on any atom is -0.497 e. The van der Waals surface area contributed by atoms with Crippen LogP contribution in [0.1, 0.15) is 37.3 Å². The van der Waals surface area contributed by atoms with E-state index in [0.717, 1.165) is 34.2 Å². The van der Waals surface area contributed by atoms with Crippen molar-refractivity contribution < 1.29 is 19.0 Å². The third-order valence-electron chi connectivity index (χ3n) is 6.43. The molecule has 1 saturated heterocycles. The lowest BCUT2D eigenvalue weighted by molar-refractivity contribution is -0.148.